The van der Waals surface area contributed by atoms with Crippen molar-refractivity contribution >= 4 is 5.91 Å². The molecule has 1 aromatic carbocycles. The summed E-state index contributed by atoms with van der Waals surface area (Å²) in [4.78, 5) is 16.4. The van der Waals surface area contributed by atoms with Gasteiger partial charge in [-0.15, -0.1) is 0 Å². The number of hydrogen-bond acceptors (Lipinski definition) is 3. The molecule has 0 aliphatic carbocycles. The van der Waals surface area contributed by atoms with Crippen molar-refractivity contribution < 1.29 is 9.53 Å². The molecule has 1 saturated heterocycles. The number of ether oxygens (including phenoxy) is 1. The fraction of sp³-hybridized carbons (Fsp3) is 0.562. The molecule has 0 N–H and O–H groups in total. The molecule has 0 atom stereocenters. The molecule has 4 heteroatoms. The van der Waals surface area contributed by atoms with Crippen LogP contribution in [0.4, 0.5) is 0 Å². The summed E-state index contributed by atoms with van der Waals surface area (Å²) in [6.07, 6.45) is 0.487. The molecular weight excluding hydrogens is 252 g/mol. The maximum absolute atomic E-state index is 12.2. The van der Waals surface area contributed by atoms with Gasteiger partial charge < -0.3 is 9.64 Å². The Morgan fingerprint density at radius 3 is 2.80 bits per heavy atom. The largest absolute Gasteiger partial charge is 0.379 e. The van der Waals surface area contributed by atoms with Crippen molar-refractivity contribution in [2.24, 2.45) is 0 Å². The number of hydrogen-bond donors (Lipinski definition) is 0. The zero-order chi connectivity index (χ0) is 14.4. The van der Waals surface area contributed by atoms with Crippen LogP contribution in [0.5, 0.6) is 0 Å². The van der Waals surface area contributed by atoms with Crippen LogP contribution in [0.1, 0.15) is 11.1 Å². The predicted octanol–water partition coefficient (Wildman–Crippen LogP) is 1.33. The van der Waals surface area contributed by atoms with Gasteiger partial charge in [-0.25, -0.2) is 0 Å². The molecular formula is C16H24N2O2. The Morgan fingerprint density at radius 2 is 2.10 bits per heavy atom. The van der Waals surface area contributed by atoms with Crippen molar-refractivity contribution in [1.29, 1.82) is 0 Å². The van der Waals surface area contributed by atoms with E-state index in [1.165, 1.54) is 5.56 Å². The van der Waals surface area contributed by atoms with Gasteiger partial charge in [-0.1, -0.05) is 29.8 Å². The Hall–Kier alpha value is -1.39. The number of nitrogens with zero attached hydrogens (tertiary/aromatic N) is 2. The molecule has 0 radical (unpaired) electrons. The summed E-state index contributed by atoms with van der Waals surface area (Å²) in [6.45, 7) is 7.32. The summed E-state index contributed by atoms with van der Waals surface area (Å²) >= 11 is 0. The van der Waals surface area contributed by atoms with Gasteiger partial charge in [-0.05, 0) is 12.5 Å². The lowest BCUT2D eigenvalue weighted by molar-refractivity contribution is -0.129. The Balaban J connectivity index is 1.76. The van der Waals surface area contributed by atoms with E-state index >= 15 is 0 Å². The van der Waals surface area contributed by atoms with Crippen molar-refractivity contribution in [3.63, 3.8) is 0 Å². The smallest absolute Gasteiger partial charge is 0.226 e. The number of likely N-dealkylation sites (N-methyl/N-ethyl adjacent to an activating group) is 1. The molecule has 0 spiro atoms. The summed E-state index contributed by atoms with van der Waals surface area (Å²) in [5, 5.41) is 0. The van der Waals surface area contributed by atoms with Crippen LogP contribution in [-0.2, 0) is 16.0 Å². The summed E-state index contributed by atoms with van der Waals surface area (Å²) in [7, 11) is 1.89. The first-order valence-electron chi connectivity index (χ1n) is 7.25. The number of carbonyl (C=O) groups excluding carboxylic acids is 1. The molecule has 0 bridgehead atoms. The van der Waals surface area contributed by atoms with Gasteiger partial charge in [0.05, 0.1) is 19.6 Å². The van der Waals surface area contributed by atoms with E-state index in [-0.39, 0.29) is 5.91 Å². The monoisotopic (exact) mass is 276 g/mol. The third-order valence-corrected chi connectivity index (χ3v) is 3.72. The van der Waals surface area contributed by atoms with Crippen LogP contribution in [0.3, 0.4) is 0 Å². The van der Waals surface area contributed by atoms with E-state index in [1.54, 1.807) is 0 Å². The second-order valence-electron chi connectivity index (χ2n) is 5.44. The number of aryl methyl sites for hydroxylation is 1. The highest BCUT2D eigenvalue weighted by molar-refractivity contribution is 5.78. The van der Waals surface area contributed by atoms with Gasteiger partial charge >= 0.3 is 0 Å². The molecule has 1 heterocycles. The maximum Gasteiger partial charge on any atom is 0.226 e. The molecule has 0 aromatic heterocycles. The van der Waals surface area contributed by atoms with Gasteiger partial charge in [0.15, 0.2) is 0 Å². The third-order valence-electron chi connectivity index (χ3n) is 3.72. The first-order valence-corrected chi connectivity index (χ1v) is 7.25. The third kappa shape index (κ3) is 4.62. The van der Waals surface area contributed by atoms with Crippen molar-refractivity contribution in [2.75, 3.05) is 46.4 Å². The first kappa shape index (κ1) is 15.0. The number of carbonyl (C=O) groups is 1. The number of amides is 1. The lowest BCUT2D eigenvalue weighted by atomic mass is 10.1. The van der Waals surface area contributed by atoms with Gasteiger partial charge in [-0.2, -0.15) is 0 Å². The SMILES string of the molecule is Cc1cccc(CC(=O)N(C)CCN2CCOCC2)c1. The Kier molecular flexibility index (Phi) is 5.56. The lowest BCUT2D eigenvalue weighted by Gasteiger charge is -2.28. The van der Waals surface area contributed by atoms with Crippen LogP contribution in [0.2, 0.25) is 0 Å². The molecule has 2 rings (SSSR count). The average molecular weight is 276 g/mol. The van der Waals surface area contributed by atoms with Gasteiger partial charge in [0, 0.05) is 33.2 Å². The second-order valence-corrected chi connectivity index (χ2v) is 5.44. The van der Waals surface area contributed by atoms with E-state index in [0.717, 1.165) is 45.0 Å². The fourth-order valence-electron chi connectivity index (χ4n) is 2.37. The molecule has 110 valence electrons. The standard InChI is InChI=1S/C16H24N2O2/c1-14-4-3-5-15(12-14)13-16(19)17(2)6-7-18-8-10-20-11-9-18/h3-5,12H,6-11,13H2,1-2H3. The van der Waals surface area contributed by atoms with Crippen LogP contribution in [0.15, 0.2) is 24.3 Å². The van der Waals surface area contributed by atoms with E-state index in [1.807, 2.05) is 24.1 Å². The van der Waals surface area contributed by atoms with Crippen LogP contribution >= 0.6 is 0 Å². The van der Waals surface area contributed by atoms with E-state index in [0.29, 0.717) is 6.42 Å². The van der Waals surface area contributed by atoms with Crippen LogP contribution in [0, 0.1) is 6.92 Å². The molecule has 20 heavy (non-hydrogen) atoms. The van der Waals surface area contributed by atoms with E-state index in [9.17, 15) is 4.79 Å². The van der Waals surface area contributed by atoms with Gasteiger partial charge in [-0.3, -0.25) is 9.69 Å². The minimum atomic E-state index is 0.184. The normalized spacial score (nSPS) is 16.1. The number of morpholine rings is 1. The van der Waals surface area contributed by atoms with Crippen LogP contribution in [-0.4, -0.2) is 62.1 Å². The topological polar surface area (TPSA) is 32.8 Å². The molecule has 0 unspecified atom stereocenters. The highest BCUT2D eigenvalue weighted by Gasteiger charge is 2.14. The molecule has 1 fully saturated rings. The Bertz CT molecular complexity index is 442. The summed E-state index contributed by atoms with van der Waals surface area (Å²) in [5.41, 5.74) is 2.29. The zero-order valence-electron chi connectivity index (χ0n) is 12.5. The second kappa shape index (κ2) is 7.41. The first-order chi connectivity index (χ1) is 9.65. The Morgan fingerprint density at radius 1 is 1.35 bits per heavy atom. The van der Waals surface area contributed by atoms with Gasteiger partial charge in [0.25, 0.3) is 0 Å². The van der Waals surface area contributed by atoms with Crippen molar-refractivity contribution in [3.05, 3.63) is 35.4 Å². The molecule has 0 saturated carbocycles. The molecule has 4 nitrogen and oxygen atoms in total. The Labute approximate surface area is 121 Å². The van der Waals surface area contributed by atoms with Crippen molar-refractivity contribution in [3.8, 4) is 0 Å². The minimum Gasteiger partial charge on any atom is -0.379 e. The lowest BCUT2D eigenvalue weighted by Crippen LogP contribution is -2.42. The molecule has 1 aliphatic heterocycles. The van der Waals surface area contributed by atoms with Crippen molar-refractivity contribution in [2.45, 2.75) is 13.3 Å². The zero-order valence-corrected chi connectivity index (χ0v) is 12.5. The average Bonchev–Trinajstić information content (AvgIpc) is 2.46. The highest BCUT2D eigenvalue weighted by atomic mass is 16.5. The predicted molar refractivity (Wildman–Crippen MR) is 79.8 cm³/mol. The summed E-state index contributed by atoms with van der Waals surface area (Å²) < 4.78 is 5.32. The van der Waals surface area contributed by atoms with Gasteiger partial charge in [0.2, 0.25) is 5.91 Å². The molecule has 1 aromatic rings. The highest BCUT2D eigenvalue weighted by Crippen LogP contribution is 2.06. The van der Waals surface area contributed by atoms with Gasteiger partial charge in [0.1, 0.15) is 0 Å². The van der Waals surface area contributed by atoms with E-state index in [2.05, 4.69) is 24.0 Å². The van der Waals surface area contributed by atoms with Crippen molar-refractivity contribution in [1.82, 2.24) is 9.80 Å². The number of rotatable bonds is 5. The van der Waals surface area contributed by atoms with E-state index in [4.69, 9.17) is 4.74 Å². The quantitative estimate of drug-likeness (QED) is 0.813. The van der Waals surface area contributed by atoms with Crippen LogP contribution in [0.25, 0.3) is 0 Å². The fourth-order valence-corrected chi connectivity index (χ4v) is 2.37. The molecule has 1 amide bonds. The number of benzene rings is 1. The molecule has 1 aliphatic rings. The summed E-state index contributed by atoms with van der Waals surface area (Å²) in [5.74, 6) is 0.184. The summed E-state index contributed by atoms with van der Waals surface area (Å²) in [6, 6.07) is 8.15. The van der Waals surface area contributed by atoms with Crippen LogP contribution < -0.4 is 0 Å². The maximum atomic E-state index is 12.2. The van der Waals surface area contributed by atoms with E-state index < -0.39 is 0 Å². The minimum absolute atomic E-state index is 0.184.